The second-order valence-electron chi connectivity index (χ2n) is 8.20. The fourth-order valence-corrected chi connectivity index (χ4v) is 3.72. The fraction of sp³-hybridized carbons (Fsp3) is 0.200. The van der Waals surface area contributed by atoms with Gasteiger partial charge in [0.15, 0.2) is 0 Å². The highest BCUT2D eigenvalue weighted by Gasteiger charge is 2.18. The topological polar surface area (TPSA) is 122 Å². The molecule has 36 heavy (non-hydrogen) atoms. The molecule has 186 valence electrons. The molecule has 0 fully saturated rings. The summed E-state index contributed by atoms with van der Waals surface area (Å²) < 4.78 is 11.6. The number of aromatic nitrogens is 2. The standard InChI is InChI=1S/C25H25ClN6O4/c1-14-23(24(34)27-2)17-7-6-16(12-20(17)35-14)36-22-9-10-28-25(31-22)29-15-5-8-18(26)19(11-15)30-21(33)13-32(3)4/h5-12H,13H2,1-4H3,(H,27,34)(H,30,33)(H,28,29,31). The number of ether oxygens (including phenoxy) is 1. The molecule has 0 radical (unpaired) electrons. The van der Waals surface area contributed by atoms with Crippen LogP contribution in [0.25, 0.3) is 11.0 Å². The summed E-state index contributed by atoms with van der Waals surface area (Å²) in [6, 6.07) is 11.9. The van der Waals surface area contributed by atoms with Crippen molar-refractivity contribution in [1.82, 2.24) is 20.2 Å². The van der Waals surface area contributed by atoms with E-state index < -0.39 is 0 Å². The van der Waals surface area contributed by atoms with Gasteiger partial charge in [-0.05, 0) is 51.4 Å². The lowest BCUT2D eigenvalue weighted by Crippen LogP contribution is -2.27. The number of hydrogen-bond donors (Lipinski definition) is 3. The van der Waals surface area contributed by atoms with E-state index in [9.17, 15) is 9.59 Å². The summed E-state index contributed by atoms with van der Waals surface area (Å²) in [6.07, 6.45) is 1.56. The molecule has 0 aliphatic carbocycles. The summed E-state index contributed by atoms with van der Waals surface area (Å²) in [4.78, 5) is 34.6. The maximum Gasteiger partial charge on any atom is 0.255 e. The smallest absolute Gasteiger partial charge is 0.255 e. The number of anilines is 3. The second-order valence-corrected chi connectivity index (χ2v) is 8.60. The largest absolute Gasteiger partial charge is 0.460 e. The van der Waals surface area contributed by atoms with Gasteiger partial charge in [0.1, 0.15) is 17.1 Å². The number of furan rings is 1. The number of hydrogen-bond acceptors (Lipinski definition) is 8. The Labute approximate surface area is 212 Å². The van der Waals surface area contributed by atoms with Crippen molar-refractivity contribution in [3.8, 4) is 11.6 Å². The van der Waals surface area contributed by atoms with E-state index in [0.717, 1.165) is 0 Å². The third kappa shape index (κ3) is 5.73. The van der Waals surface area contributed by atoms with E-state index in [1.54, 1.807) is 81.6 Å². The number of nitrogens with zero attached hydrogens (tertiary/aromatic N) is 3. The lowest BCUT2D eigenvalue weighted by atomic mass is 10.1. The van der Waals surface area contributed by atoms with Crippen LogP contribution < -0.4 is 20.7 Å². The molecule has 0 aliphatic heterocycles. The predicted molar refractivity (Wildman–Crippen MR) is 138 cm³/mol. The van der Waals surface area contributed by atoms with Crippen LogP contribution in [0, 0.1) is 6.92 Å². The van der Waals surface area contributed by atoms with Crippen molar-refractivity contribution in [3.05, 3.63) is 65.0 Å². The molecule has 0 unspecified atom stereocenters. The van der Waals surface area contributed by atoms with Crippen LogP contribution >= 0.6 is 11.6 Å². The molecule has 0 saturated carbocycles. The van der Waals surface area contributed by atoms with Crippen LogP contribution in [-0.2, 0) is 4.79 Å². The molecule has 0 bridgehead atoms. The molecule has 0 spiro atoms. The van der Waals surface area contributed by atoms with E-state index in [1.165, 1.54) is 0 Å². The minimum Gasteiger partial charge on any atom is -0.460 e. The van der Waals surface area contributed by atoms with Crippen LogP contribution in [0.4, 0.5) is 17.3 Å². The Morgan fingerprint density at radius 1 is 1.14 bits per heavy atom. The first-order chi connectivity index (χ1) is 17.2. The maximum atomic E-state index is 12.2. The number of benzene rings is 2. The van der Waals surface area contributed by atoms with Crippen LogP contribution in [0.1, 0.15) is 16.1 Å². The van der Waals surface area contributed by atoms with Gasteiger partial charge in [-0.1, -0.05) is 11.6 Å². The van der Waals surface area contributed by atoms with E-state index in [1.807, 2.05) is 0 Å². The Kier molecular flexibility index (Phi) is 7.37. The van der Waals surface area contributed by atoms with Gasteiger partial charge in [0, 0.05) is 36.5 Å². The molecule has 4 aromatic rings. The Bertz CT molecular complexity index is 1440. The third-order valence-electron chi connectivity index (χ3n) is 5.10. The molecule has 0 atom stereocenters. The molecular formula is C25H25ClN6O4. The van der Waals surface area contributed by atoms with Crippen molar-refractivity contribution in [2.24, 2.45) is 0 Å². The summed E-state index contributed by atoms with van der Waals surface area (Å²) in [5.74, 6) is 1.20. The number of fused-ring (bicyclic) bond motifs is 1. The molecule has 4 rings (SSSR count). The first-order valence-electron chi connectivity index (χ1n) is 11.0. The molecule has 3 N–H and O–H groups in total. The number of amides is 2. The van der Waals surface area contributed by atoms with Crippen LogP contribution in [0.5, 0.6) is 11.6 Å². The van der Waals surface area contributed by atoms with E-state index in [-0.39, 0.29) is 24.3 Å². The number of carbonyl (C=O) groups is 2. The van der Waals surface area contributed by atoms with Crippen molar-refractivity contribution in [2.45, 2.75) is 6.92 Å². The van der Waals surface area contributed by atoms with Gasteiger partial charge >= 0.3 is 0 Å². The van der Waals surface area contributed by atoms with Gasteiger partial charge in [-0.15, -0.1) is 0 Å². The van der Waals surface area contributed by atoms with Crippen LogP contribution in [0.15, 0.2) is 53.1 Å². The zero-order valence-corrected chi connectivity index (χ0v) is 20.9. The molecule has 2 amide bonds. The summed E-state index contributed by atoms with van der Waals surface area (Å²) in [5, 5.41) is 9.60. The van der Waals surface area contributed by atoms with Crippen LogP contribution in [0.3, 0.4) is 0 Å². The molecule has 2 aromatic heterocycles. The molecule has 2 heterocycles. The number of halogens is 1. The van der Waals surface area contributed by atoms with E-state index in [0.29, 0.717) is 50.3 Å². The average molecular weight is 509 g/mol. The lowest BCUT2D eigenvalue weighted by Gasteiger charge is -2.13. The minimum absolute atomic E-state index is 0.183. The zero-order chi connectivity index (χ0) is 25.8. The van der Waals surface area contributed by atoms with Crippen molar-refractivity contribution < 1.29 is 18.7 Å². The first kappa shape index (κ1) is 25.0. The molecule has 0 aliphatic rings. The summed E-state index contributed by atoms with van der Waals surface area (Å²) in [6.45, 7) is 1.97. The van der Waals surface area contributed by atoms with E-state index >= 15 is 0 Å². The number of nitrogens with one attached hydrogen (secondary N) is 3. The Hall–Kier alpha value is -4.15. The normalized spacial score (nSPS) is 10.9. The van der Waals surface area contributed by atoms with E-state index in [2.05, 4.69) is 25.9 Å². The summed E-state index contributed by atoms with van der Waals surface area (Å²) in [5.41, 5.74) is 2.12. The maximum absolute atomic E-state index is 12.2. The number of aryl methyl sites for hydroxylation is 1. The van der Waals surface area contributed by atoms with Crippen LogP contribution in [0.2, 0.25) is 5.02 Å². The summed E-state index contributed by atoms with van der Waals surface area (Å²) >= 11 is 6.24. The van der Waals surface area contributed by atoms with Crippen molar-refractivity contribution in [3.63, 3.8) is 0 Å². The molecule has 2 aromatic carbocycles. The van der Waals surface area contributed by atoms with Gasteiger partial charge in [-0.3, -0.25) is 9.59 Å². The molecule has 10 nitrogen and oxygen atoms in total. The molecule has 11 heteroatoms. The fourth-order valence-electron chi connectivity index (χ4n) is 3.55. The number of carbonyl (C=O) groups excluding carboxylic acids is 2. The molecule has 0 saturated heterocycles. The number of rotatable bonds is 8. The van der Waals surface area contributed by atoms with Gasteiger partial charge in [0.05, 0.1) is 22.8 Å². The minimum atomic E-state index is -0.214. The van der Waals surface area contributed by atoms with Gasteiger partial charge in [-0.2, -0.15) is 4.98 Å². The van der Waals surface area contributed by atoms with Gasteiger partial charge < -0.3 is 30.0 Å². The number of likely N-dealkylation sites (N-methyl/N-ethyl adjacent to an activating group) is 1. The van der Waals surface area contributed by atoms with Crippen molar-refractivity contribution in [1.29, 1.82) is 0 Å². The van der Waals surface area contributed by atoms with Crippen LogP contribution in [-0.4, -0.2) is 54.4 Å². The Balaban J connectivity index is 1.50. The van der Waals surface area contributed by atoms with Gasteiger partial charge in [0.2, 0.25) is 17.7 Å². The predicted octanol–water partition coefficient (Wildman–Crippen LogP) is 4.58. The Morgan fingerprint density at radius 2 is 1.94 bits per heavy atom. The second kappa shape index (κ2) is 10.6. The van der Waals surface area contributed by atoms with Crippen molar-refractivity contribution >= 4 is 51.7 Å². The Morgan fingerprint density at radius 3 is 2.69 bits per heavy atom. The molecular weight excluding hydrogens is 484 g/mol. The zero-order valence-electron chi connectivity index (χ0n) is 20.2. The van der Waals surface area contributed by atoms with Gasteiger partial charge in [-0.25, -0.2) is 4.98 Å². The highest BCUT2D eigenvalue weighted by Crippen LogP contribution is 2.31. The first-order valence-corrected chi connectivity index (χ1v) is 11.4. The van der Waals surface area contributed by atoms with Crippen molar-refractivity contribution in [2.75, 3.05) is 38.3 Å². The third-order valence-corrected chi connectivity index (χ3v) is 5.43. The lowest BCUT2D eigenvalue weighted by molar-refractivity contribution is -0.116. The highest BCUT2D eigenvalue weighted by atomic mass is 35.5. The summed E-state index contributed by atoms with van der Waals surface area (Å²) in [7, 11) is 5.19. The highest BCUT2D eigenvalue weighted by molar-refractivity contribution is 6.33. The van der Waals surface area contributed by atoms with Gasteiger partial charge in [0.25, 0.3) is 5.91 Å². The average Bonchev–Trinajstić information content (AvgIpc) is 3.15. The van der Waals surface area contributed by atoms with E-state index in [4.69, 9.17) is 20.8 Å². The SMILES string of the molecule is CNC(=O)c1c(C)oc2cc(Oc3ccnc(Nc4ccc(Cl)c(NC(=O)CN(C)C)c4)n3)ccc12. The quantitative estimate of drug-likeness (QED) is 0.316. The monoisotopic (exact) mass is 508 g/mol.